The number of ether oxygens (including phenoxy) is 3. The minimum atomic E-state index is -0.257. The number of hydrogen-bond donors (Lipinski definition) is 1. The van der Waals surface area contributed by atoms with Crippen LogP contribution >= 0.6 is 0 Å². The topological polar surface area (TPSA) is 43.0 Å². The lowest BCUT2D eigenvalue weighted by Crippen LogP contribution is -2.43. The van der Waals surface area contributed by atoms with Gasteiger partial charge in [-0.15, -0.1) is 0 Å². The van der Waals surface area contributed by atoms with Gasteiger partial charge >= 0.3 is 0 Å². The molecule has 0 radical (unpaired) electrons. The summed E-state index contributed by atoms with van der Waals surface area (Å²) in [5, 5.41) is 2.17. The average Bonchev–Trinajstić information content (AvgIpc) is 3.28. The molecular formula is C26H26N2O3. The molecule has 0 aliphatic carbocycles. The normalized spacial score (nSPS) is 19.5. The number of fused-ring (bicyclic) bond motifs is 3. The molecule has 0 unspecified atom stereocenters. The van der Waals surface area contributed by atoms with E-state index in [1.807, 2.05) is 36.4 Å². The number of benzene rings is 3. The van der Waals surface area contributed by atoms with Gasteiger partial charge in [-0.2, -0.15) is 5.01 Å². The number of nitrogens with one attached hydrogen (secondary N) is 1. The smallest absolute Gasteiger partial charge is 0.195 e. The van der Waals surface area contributed by atoms with E-state index in [0.717, 1.165) is 52.7 Å². The summed E-state index contributed by atoms with van der Waals surface area (Å²) in [6.07, 6.45) is 2.99. The molecular weight excluding hydrogens is 388 g/mol. The molecule has 0 saturated heterocycles. The molecule has 1 N–H and O–H groups in total. The number of hydrogen-bond acceptors (Lipinski definition) is 5. The van der Waals surface area contributed by atoms with Crippen LogP contribution in [0.3, 0.4) is 0 Å². The summed E-state index contributed by atoms with van der Waals surface area (Å²) in [7, 11) is 1.68. The van der Waals surface area contributed by atoms with Gasteiger partial charge in [-0.3, -0.25) is 0 Å². The van der Waals surface area contributed by atoms with Gasteiger partial charge in [0.15, 0.2) is 6.23 Å². The number of methoxy groups -OCH3 is 1. The van der Waals surface area contributed by atoms with Crippen LogP contribution in [-0.4, -0.2) is 18.7 Å². The van der Waals surface area contributed by atoms with Crippen LogP contribution in [-0.2, 0) is 0 Å². The van der Waals surface area contributed by atoms with Gasteiger partial charge in [0.2, 0.25) is 0 Å². The van der Waals surface area contributed by atoms with Gasteiger partial charge in [-0.1, -0.05) is 37.3 Å². The molecule has 0 bridgehead atoms. The van der Waals surface area contributed by atoms with Crippen LogP contribution in [0.5, 0.6) is 17.2 Å². The molecule has 2 atom stereocenters. The fourth-order valence-corrected chi connectivity index (χ4v) is 4.05. The van der Waals surface area contributed by atoms with Gasteiger partial charge in [0.05, 0.1) is 25.5 Å². The Morgan fingerprint density at radius 2 is 1.68 bits per heavy atom. The lowest BCUT2D eigenvalue weighted by molar-refractivity contribution is -0.0326. The molecule has 5 nitrogen and oxygen atoms in total. The highest BCUT2D eigenvalue weighted by molar-refractivity contribution is 5.68. The maximum absolute atomic E-state index is 6.44. The third kappa shape index (κ3) is 3.73. The molecule has 3 aromatic carbocycles. The third-order valence-electron chi connectivity index (χ3n) is 5.64. The molecule has 5 heteroatoms. The lowest BCUT2D eigenvalue weighted by Gasteiger charge is -2.39. The lowest BCUT2D eigenvalue weighted by atomic mass is 10.0. The number of para-hydroxylation sites is 1. The second-order valence-corrected chi connectivity index (χ2v) is 7.70. The fraction of sp³-hybridized carbons (Fsp3) is 0.231. The van der Waals surface area contributed by atoms with Crippen molar-refractivity contribution in [1.29, 1.82) is 0 Å². The Kier molecular flexibility index (Phi) is 5.26. The summed E-state index contributed by atoms with van der Waals surface area (Å²) in [5.74, 6) is 2.64. The molecule has 2 aliphatic heterocycles. The highest BCUT2D eigenvalue weighted by Gasteiger charge is 2.40. The van der Waals surface area contributed by atoms with E-state index in [4.69, 9.17) is 14.2 Å². The van der Waals surface area contributed by atoms with E-state index in [-0.39, 0.29) is 12.3 Å². The molecule has 0 aromatic heterocycles. The predicted octanol–water partition coefficient (Wildman–Crippen LogP) is 5.48. The quantitative estimate of drug-likeness (QED) is 0.579. The van der Waals surface area contributed by atoms with E-state index in [1.165, 1.54) is 0 Å². The van der Waals surface area contributed by atoms with Gasteiger partial charge < -0.3 is 19.6 Å². The predicted molar refractivity (Wildman–Crippen MR) is 121 cm³/mol. The summed E-state index contributed by atoms with van der Waals surface area (Å²) in [6.45, 7) is 2.83. The van der Waals surface area contributed by atoms with Gasteiger partial charge in [0.1, 0.15) is 17.2 Å². The van der Waals surface area contributed by atoms with Crippen LogP contribution < -0.4 is 19.6 Å². The van der Waals surface area contributed by atoms with E-state index in [0.29, 0.717) is 0 Å². The number of nitrogens with zero attached hydrogens (tertiary/aromatic N) is 1. The zero-order valence-corrected chi connectivity index (χ0v) is 17.7. The molecule has 0 fully saturated rings. The Labute approximate surface area is 182 Å². The van der Waals surface area contributed by atoms with Crippen molar-refractivity contribution >= 4 is 5.70 Å². The Morgan fingerprint density at radius 1 is 0.935 bits per heavy atom. The molecule has 3 aromatic rings. The highest BCUT2D eigenvalue weighted by atomic mass is 16.5. The Morgan fingerprint density at radius 3 is 2.42 bits per heavy atom. The third-order valence-corrected chi connectivity index (χ3v) is 5.64. The standard InChI is InChI=1S/C26H26N2O3/c1-3-16-30-21-14-10-19(11-15-21)26-28-24(22-6-4-5-7-25(22)31-26)17-23(27-28)18-8-12-20(29-2)13-9-18/h4-15,17,24,26-27H,3,16H2,1-2H3/t24-,26+/m0/s1. The second-order valence-electron chi connectivity index (χ2n) is 7.70. The van der Waals surface area contributed by atoms with Crippen molar-refractivity contribution < 1.29 is 14.2 Å². The maximum Gasteiger partial charge on any atom is 0.195 e. The van der Waals surface area contributed by atoms with Crippen LogP contribution in [0.25, 0.3) is 5.70 Å². The van der Waals surface area contributed by atoms with Crippen molar-refractivity contribution in [3.05, 3.63) is 95.6 Å². The first kappa shape index (κ1) is 19.5. The molecule has 31 heavy (non-hydrogen) atoms. The maximum atomic E-state index is 6.44. The average molecular weight is 415 g/mol. The van der Waals surface area contributed by atoms with Gasteiger partial charge in [-0.05, 0) is 60.5 Å². The molecule has 2 aliphatic rings. The van der Waals surface area contributed by atoms with Crippen molar-refractivity contribution in [2.75, 3.05) is 13.7 Å². The van der Waals surface area contributed by atoms with Crippen molar-refractivity contribution in [3.63, 3.8) is 0 Å². The largest absolute Gasteiger partial charge is 0.497 e. The Bertz CT molecular complexity index is 1080. The van der Waals surface area contributed by atoms with Crippen LogP contribution in [0.1, 0.15) is 42.3 Å². The first-order valence-electron chi connectivity index (χ1n) is 10.7. The highest BCUT2D eigenvalue weighted by Crippen LogP contribution is 2.46. The van der Waals surface area contributed by atoms with E-state index in [1.54, 1.807) is 7.11 Å². The molecule has 5 rings (SSSR count). The second kappa shape index (κ2) is 8.36. The van der Waals surface area contributed by atoms with Crippen molar-refractivity contribution in [2.45, 2.75) is 25.6 Å². The number of hydrazine groups is 1. The van der Waals surface area contributed by atoms with E-state index in [9.17, 15) is 0 Å². The first-order valence-corrected chi connectivity index (χ1v) is 10.7. The summed E-state index contributed by atoms with van der Waals surface area (Å²) in [4.78, 5) is 0. The van der Waals surface area contributed by atoms with Crippen molar-refractivity contribution in [3.8, 4) is 17.2 Å². The van der Waals surface area contributed by atoms with Crippen LogP contribution in [0.4, 0.5) is 0 Å². The minimum absolute atomic E-state index is 0.0723. The van der Waals surface area contributed by atoms with Crippen molar-refractivity contribution in [2.24, 2.45) is 0 Å². The summed E-state index contributed by atoms with van der Waals surface area (Å²) in [5.41, 5.74) is 7.97. The number of rotatable bonds is 6. The molecule has 0 spiro atoms. The fourth-order valence-electron chi connectivity index (χ4n) is 4.05. The minimum Gasteiger partial charge on any atom is -0.497 e. The molecule has 0 saturated carbocycles. The zero-order valence-electron chi connectivity index (χ0n) is 17.7. The van der Waals surface area contributed by atoms with Crippen molar-refractivity contribution in [1.82, 2.24) is 10.4 Å². The SMILES string of the molecule is CCCOc1ccc([C@H]2Oc3ccccc3[C@@H]3C=C(c4ccc(OC)cc4)NN23)cc1. The van der Waals surface area contributed by atoms with E-state index >= 15 is 0 Å². The van der Waals surface area contributed by atoms with Crippen LogP contribution in [0.15, 0.2) is 78.9 Å². The summed E-state index contributed by atoms with van der Waals surface area (Å²) < 4.78 is 17.5. The zero-order chi connectivity index (χ0) is 21.2. The van der Waals surface area contributed by atoms with Gasteiger partial charge in [0.25, 0.3) is 0 Å². The van der Waals surface area contributed by atoms with Gasteiger partial charge in [0, 0.05) is 11.1 Å². The summed E-state index contributed by atoms with van der Waals surface area (Å²) >= 11 is 0. The van der Waals surface area contributed by atoms with Crippen LogP contribution in [0, 0.1) is 0 Å². The Hall–Kier alpha value is -3.44. The van der Waals surface area contributed by atoms with E-state index < -0.39 is 0 Å². The van der Waals surface area contributed by atoms with Gasteiger partial charge in [-0.25, -0.2) is 0 Å². The molecule has 158 valence electrons. The van der Waals surface area contributed by atoms with Crippen LogP contribution in [0.2, 0.25) is 0 Å². The summed E-state index contributed by atoms with van der Waals surface area (Å²) in [6, 6.07) is 24.6. The molecule has 0 amide bonds. The molecule has 2 heterocycles. The monoisotopic (exact) mass is 414 g/mol. The Balaban J connectivity index is 1.47. The first-order chi connectivity index (χ1) is 15.3. The van der Waals surface area contributed by atoms with E-state index in [2.05, 4.69) is 59.8 Å².